The lowest BCUT2D eigenvalue weighted by Crippen LogP contribution is -1.98. The van der Waals surface area contributed by atoms with Crippen LogP contribution in [0.5, 0.6) is 0 Å². The van der Waals surface area contributed by atoms with Crippen molar-refractivity contribution >= 4 is 49.3 Å². The third-order valence-corrected chi connectivity index (χ3v) is 9.17. The van der Waals surface area contributed by atoms with Crippen molar-refractivity contribution in [1.82, 2.24) is 9.13 Å². The van der Waals surface area contributed by atoms with Gasteiger partial charge in [0.15, 0.2) is 0 Å². The van der Waals surface area contributed by atoms with Gasteiger partial charge in [-0.1, -0.05) is 97.1 Å². The second kappa shape index (κ2) is 10.00. The van der Waals surface area contributed by atoms with Crippen molar-refractivity contribution in [3.63, 3.8) is 0 Å². The molecule has 0 aliphatic heterocycles. The smallest absolute Gasteiger partial charge is 0.0541 e. The minimum Gasteiger partial charge on any atom is -0.313 e. The molecule has 2 aromatic heterocycles. The Bertz CT molecular complexity index is 2420. The van der Waals surface area contributed by atoms with E-state index in [-0.39, 0.29) is 0 Å². The number of nitrogens with zero attached hydrogens (tertiary/aromatic N) is 2. The van der Waals surface area contributed by atoms with Gasteiger partial charge < -0.3 is 9.13 Å². The predicted octanol–water partition coefficient (Wildman–Crippen LogP) is 11.4. The van der Waals surface area contributed by atoms with Crippen LogP contribution in [0, 0.1) is 0 Å². The first-order chi connectivity index (χ1) is 21.8. The van der Waals surface area contributed by atoms with Crippen LogP contribution >= 0.6 is 0 Å². The Morgan fingerprint density at radius 3 is 1.57 bits per heavy atom. The Kier molecular flexibility index (Phi) is 5.67. The molecule has 1 aliphatic carbocycles. The van der Waals surface area contributed by atoms with E-state index in [9.17, 15) is 0 Å². The van der Waals surface area contributed by atoms with Crippen LogP contribution in [0.15, 0.2) is 158 Å². The molecule has 0 N–H and O–H groups in total. The maximum Gasteiger partial charge on any atom is 0.0541 e. The van der Waals surface area contributed by atoms with Crippen molar-refractivity contribution in [2.45, 2.75) is 12.8 Å². The lowest BCUT2D eigenvalue weighted by Gasteiger charge is -2.14. The SMILES string of the molecule is C1=CCCC(n2c3ccccc3c3cc(-c4ccc5c(c4)c4cc(-c6ccccc6)ccc4n5-c4ccccc4)ccc32)=C1. The largest absolute Gasteiger partial charge is 0.313 e. The zero-order valence-corrected chi connectivity index (χ0v) is 24.3. The molecule has 0 saturated carbocycles. The fraction of sp³-hybridized carbons (Fsp3) is 0.0476. The van der Waals surface area contributed by atoms with E-state index in [1.54, 1.807) is 0 Å². The molecule has 6 aromatic carbocycles. The van der Waals surface area contributed by atoms with Gasteiger partial charge in [0.05, 0.1) is 22.1 Å². The summed E-state index contributed by atoms with van der Waals surface area (Å²) in [4.78, 5) is 0. The van der Waals surface area contributed by atoms with Crippen LogP contribution in [0.3, 0.4) is 0 Å². The Hall–Kier alpha value is -5.60. The molecule has 0 fully saturated rings. The Balaban J connectivity index is 1.27. The summed E-state index contributed by atoms with van der Waals surface area (Å²) in [6, 6.07) is 51.1. The Morgan fingerprint density at radius 1 is 0.409 bits per heavy atom. The second-order valence-corrected chi connectivity index (χ2v) is 11.7. The van der Waals surface area contributed by atoms with Gasteiger partial charge in [0.1, 0.15) is 0 Å². The highest BCUT2D eigenvalue weighted by Crippen LogP contribution is 2.39. The molecule has 44 heavy (non-hydrogen) atoms. The molecule has 0 spiro atoms. The Morgan fingerprint density at radius 2 is 0.932 bits per heavy atom. The van der Waals surface area contributed by atoms with Crippen LogP contribution in [0.4, 0.5) is 0 Å². The molecule has 1 aliphatic rings. The van der Waals surface area contributed by atoms with Gasteiger partial charge in [0.2, 0.25) is 0 Å². The fourth-order valence-electron chi connectivity index (χ4n) is 7.11. The molecule has 2 nitrogen and oxygen atoms in total. The van der Waals surface area contributed by atoms with E-state index in [4.69, 9.17) is 0 Å². The molecule has 0 radical (unpaired) electrons. The topological polar surface area (TPSA) is 9.86 Å². The van der Waals surface area contributed by atoms with E-state index in [1.165, 1.54) is 77.2 Å². The zero-order valence-electron chi connectivity index (χ0n) is 24.3. The quantitative estimate of drug-likeness (QED) is 0.202. The first-order valence-corrected chi connectivity index (χ1v) is 15.4. The molecule has 208 valence electrons. The molecule has 0 atom stereocenters. The van der Waals surface area contributed by atoms with E-state index in [0.29, 0.717) is 0 Å². The number of rotatable bonds is 4. The lowest BCUT2D eigenvalue weighted by molar-refractivity contribution is 0.979. The summed E-state index contributed by atoms with van der Waals surface area (Å²) < 4.78 is 4.85. The van der Waals surface area contributed by atoms with Crippen LogP contribution in [-0.2, 0) is 0 Å². The molecule has 2 heterocycles. The first kappa shape index (κ1) is 24.9. The predicted molar refractivity (Wildman–Crippen MR) is 187 cm³/mol. The summed E-state index contributed by atoms with van der Waals surface area (Å²) in [5.74, 6) is 0. The molecule has 9 rings (SSSR count). The summed E-state index contributed by atoms with van der Waals surface area (Å²) in [5.41, 5.74) is 12.4. The van der Waals surface area contributed by atoms with E-state index in [1.807, 2.05) is 0 Å². The number of fused-ring (bicyclic) bond motifs is 6. The molecule has 0 saturated heterocycles. The van der Waals surface area contributed by atoms with Crippen LogP contribution in [0.2, 0.25) is 0 Å². The van der Waals surface area contributed by atoms with Gasteiger partial charge in [0, 0.05) is 32.9 Å². The highest BCUT2D eigenvalue weighted by Gasteiger charge is 2.17. The van der Waals surface area contributed by atoms with E-state index in [0.717, 1.165) is 12.8 Å². The van der Waals surface area contributed by atoms with Crippen LogP contribution < -0.4 is 0 Å². The molecule has 8 aromatic rings. The highest BCUT2D eigenvalue weighted by molar-refractivity contribution is 6.13. The van der Waals surface area contributed by atoms with Gasteiger partial charge >= 0.3 is 0 Å². The number of aromatic nitrogens is 2. The summed E-state index contributed by atoms with van der Waals surface area (Å²) in [6.07, 6.45) is 8.85. The van der Waals surface area contributed by atoms with Crippen molar-refractivity contribution in [2.75, 3.05) is 0 Å². The third kappa shape index (κ3) is 3.88. The van der Waals surface area contributed by atoms with Gasteiger partial charge in [-0.25, -0.2) is 0 Å². The lowest BCUT2D eigenvalue weighted by atomic mass is 9.99. The van der Waals surface area contributed by atoms with Gasteiger partial charge in [0.25, 0.3) is 0 Å². The second-order valence-electron chi connectivity index (χ2n) is 11.7. The van der Waals surface area contributed by atoms with E-state index < -0.39 is 0 Å². The maximum absolute atomic E-state index is 2.46. The minimum atomic E-state index is 1.05. The van der Waals surface area contributed by atoms with E-state index >= 15 is 0 Å². The summed E-state index contributed by atoms with van der Waals surface area (Å²) in [6.45, 7) is 0. The standard InChI is InChI=1S/C42H30N2/c1-4-12-29(13-5-1)30-20-23-41-37(26-30)38-28-32(22-25-42(38)44(41)34-16-8-3-9-17-34)31-21-24-40-36(27-31)35-18-10-11-19-39(35)43(40)33-14-6-2-7-15-33/h1-6,8-14,16-28H,7,15H2. The molecule has 0 amide bonds. The van der Waals surface area contributed by atoms with Crippen molar-refractivity contribution in [3.8, 4) is 27.9 Å². The molecular weight excluding hydrogens is 532 g/mol. The number of para-hydroxylation sites is 2. The zero-order chi connectivity index (χ0) is 29.0. The van der Waals surface area contributed by atoms with Crippen LogP contribution in [0.1, 0.15) is 12.8 Å². The number of allylic oxidation sites excluding steroid dienone is 4. The molecule has 0 unspecified atom stereocenters. The molecule has 2 heteroatoms. The number of hydrogen-bond donors (Lipinski definition) is 0. The van der Waals surface area contributed by atoms with Crippen LogP contribution in [0.25, 0.3) is 77.2 Å². The van der Waals surface area contributed by atoms with Gasteiger partial charge in [-0.05, 0) is 95.8 Å². The van der Waals surface area contributed by atoms with Crippen molar-refractivity contribution in [1.29, 1.82) is 0 Å². The summed E-state index contributed by atoms with van der Waals surface area (Å²) in [7, 11) is 0. The molecule has 0 bridgehead atoms. The number of hydrogen-bond acceptors (Lipinski definition) is 0. The highest BCUT2D eigenvalue weighted by atomic mass is 15.0. The number of benzene rings is 6. The van der Waals surface area contributed by atoms with Crippen LogP contribution in [-0.4, -0.2) is 9.13 Å². The van der Waals surface area contributed by atoms with Crippen molar-refractivity contribution in [2.24, 2.45) is 0 Å². The first-order valence-electron chi connectivity index (χ1n) is 15.4. The summed E-state index contributed by atoms with van der Waals surface area (Å²) in [5, 5.41) is 5.13. The average Bonchev–Trinajstić information content (AvgIpc) is 3.61. The average molecular weight is 563 g/mol. The Labute approximate surface area is 256 Å². The minimum absolute atomic E-state index is 1.05. The van der Waals surface area contributed by atoms with E-state index in [2.05, 4.69) is 167 Å². The summed E-state index contributed by atoms with van der Waals surface area (Å²) >= 11 is 0. The van der Waals surface area contributed by atoms with Crippen molar-refractivity contribution in [3.05, 3.63) is 158 Å². The van der Waals surface area contributed by atoms with Crippen molar-refractivity contribution < 1.29 is 0 Å². The van der Waals surface area contributed by atoms with Gasteiger partial charge in [-0.3, -0.25) is 0 Å². The monoisotopic (exact) mass is 562 g/mol. The maximum atomic E-state index is 2.46. The van der Waals surface area contributed by atoms with Gasteiger partial charge in [-0.2, -0.15) is 0 Å². The normalized spacial score (nSPS) is 13.3. The fourth-order valence-corrected chi connectivity index (χ4v) is 7.11. The third-order valence-electron chi connectivity index (χ3n) is 9.17. The molecular formula is C42H30N2. The van der Waals surface area contributed by atoms with Gasteiger partial charge in [-0.15, -0.1) is 0 Å².